The second-order valence-corrected chi connectivity index (χ2v) is 7.36. The van der Waals surface area contributed by atoms with Gasteiger partial charge in [-0.2, -0.15) is 0 Å². The second kappa shape index (κ2) is 6.61. The first-order chi connectivity index (χ1) is 11.8. The molecule has 9 heteroatoms. The number of anilines is 1. The maximum atomic E-state index is 14.2. The molecule has 1 aliphatic carbocycles. The van der Waals surface area contributed by atoms with E-state index >= 15 is 0 Å². The summed E-state index contributed by atoms with van der Waals surface area (Å²) in [7, 11) is 0. The molecule has 0 spiro atoms. The van der Waals surface area contributed by atoms with Gasteiger partial charge in [0.05, 0.1) is 12.2 Å². The largest absolute Gasteiger partial charge is 0.375 e. The monoisotopic (exact) mass is 382 g/mol. The van der Waals surface area contributed by atoms with E-state index in [0.29, 0.717) is 28.8 Å². The van der Waals surface area contributed by atoms with Crippen LogP contribution in [0.2, 0.25) is 5.02 Å². The molecule has 3 rings (SSSR count). The van der Waals surface area contributed by atoms with Gasteiger partial charge < -0.3 is 16.4 Å². The van der Waals surface area contributed by atoms with Crippen molar-refractivity contribution in [2.24, 2.45) is 5.73 Å². The van der Waals surface area contributed by atoms with Gasteiger partial charge in [-0.05, 0) is 43.0 Å². The zero-order chi connectivity index (χ0) is 18.3. The third kappa shape index (κ3) is 3.19. The number of thiazole rings is 1. The molecule has 2 atom stereocenters. The summed E-state index contributed by atoms with van der Waals surface area (Å²) in [6.07, 6.45) is 2.28. The Bertz CT molecular complexity index is 857. The number of nitrogens with two attached hydrogens (primary N) is 2. The van der Waals surface area contributed by atoms with E-state index in [1.165, 1.54) is 17.2 Å². The molecule has 0 unspecified atom stereocenters. The molecule has 0 saturated heterocycles. The van der Waals surface area contributed by atoms with Crippen LogP contribution in [0.15, 0.2) is 18.3 Å². The van der Waals surface area contributed by atoms with Crippen LogP contribution in [0.3, 0.4) is 0 Å². The number of hydrogen-bond acceptors (Lipinski definition) is 5. The average molecular weight is 383 g/mol. The molecule has 4 N–H and O–H groups in total. The number of aromatic nitrogens is 1. The maximum Gasteiger partial charge on any atom is 0.266 e. The van der Waals surface area contributed by atoms with Crippen LogP contribution in [0.1, 0.15) is 40.2 Å². The SMILES string of the molecule is C[C@H](C(N)=O)N(C(=O)c1cnc(N)s1)[C@@H]1CCc2c(F)cc(Cl)cc21. The molecule has 2 amide bonds. The van der Waals surface area contributed by atoms with Crippen LogP contribution < -0.4 is 11.5 Å². The average Bonchev–Trinajstić information content (AvgIpc) is 3.14. The number of benzene rings is 1. The van der Waals surface area contributed by atoms with Gasteiger partial charge in [-0.3, -0.25) is 9.59 Å². The summed E-state index contributed by atoms with van der Waals surface area (Å²) in [5.41, 5.74) is 12.1. The number of halogens is 2. The van der Waals surface area contributed by atoms with Crippen molar-refractivity contribution in [3.8, 4) is 0 Å². The summed E-state index contributed by atoms with van der Waals surface area (Å²) in [6, 6.07) is 1.50. The van der Waals surface area contributed by atoms with Gasteiger partial charge >= 0.3 is 0 Å². The van der Waals surface area contributed by atoms with Crippen LogP contribution in [-0.4, -0.2) is 27.7 Å². The Balaban J connectivity index is 2.06. The van der Waals surface area contributed by atoms with Crippen LogP contribution in [0.4, 0.5) is 9.52 Å². The van der Waals surface area contributed by atoms with Gasteiger partial charge in [0.15, 0.2) is 5.13 Å². The first-order valence-corrected chi connectivity index (χ1v) is 8.80. The highest BCUT2D eigenvalue weighted by molar-refractivity contribution is 7.17. The molecule has 0 radical (unpaired) electrons. The van der Waals surface area contributed by atoms with Crippen LogP contribution in [0, 0.1) is 5.82 Å². The van der Waals surface area contributed by atoms with Crippen molar-refractivity contribution in [3.05, 3.63) is 45.2 Å². The van der Waals surface area contributed by atoms with E-state index in [9.17, 15) is 14.0 Å². The molecule has 1 aromatic carbocycles. The molecule has 6 nitrogen and oxygen atoms in total. The quantitative estimate of drug-likeness (QED) is 0.848. The number of carbonyl (C=O) groups excluding carboxylic acids is 2. The topological polar surface area (TPSA) is 102 Å². The van der Waals surface area contributed by atoms with Crippen molar-refractivity contribution in [2.75, 3.05) is 5.73 Å². The van der Waals surface area contributed by atoms with Gasteiger partial charge in [-0.25, -0.2) is 9.37 Å². The van der Waals surface area contributed by atoms with E-state index < -0.39 is 29.7 Å². The number of rotatable bonds is 4. The number of fused-ring (bicyclic) bond motifs is 1. The third-order valence-corrected chi connectivity index (χ3v) is 5.39. The highest BCUT2D eigenvalue weighted by Gasteiger charge is 2.38. The molecule has 132 valence electrons. The molecular formula is C16H16ClFN4O2S. The van der Waals surface area contributed by atoms with E-state index in [2.05, 4.69) is 4.98 Å². The van der Waals surface area contributed by atoms with Crippen molar-refractivity contribution >= 4 is 39.9 Å². The maximum absolute atomic E-state index is 14.2. The van der Waals surface area contributed by atoms with Crippen molar-refractivity contribution in [1.82, 2.24) is 9.88 Å². The molecule has 1 aliphatic rings. The first-order valence-electron chi connectivity index (χ1n) is 7.60. The normalized spacial score (nSPS) is 17.2. The molecule has 1 aromatic heterocycles. The van der Waals surface area contributed by atoms with Gasteiger partial charge in [0.25, 0.3) is 5.91 Å². The highest BCUT2D eigenvalue weighted by atomic mass is 35.5. The van der Waals surface area contributed by atoms with Gasteiger partial charge in [-0.1, -0.05) is 22.9 Å². The Morgan fingerprint density at radius 2 is 2.20 bits per heavy atom. The number of nitrogens with zero attached hydrogens (tertiary/aromatic N) is 2. The molecular weight excluding hydrogens is 367 g/mol. The lowest BCUT2D eigenvalue weighted by Crippen LogP contribution is -2.47. The summed E-state index contributed by atoms with van der Waals surface area (Å²) in [4.78, 5) is 30.3. The lowest BCUT2D eigenvalue weighted by Gasteiger charge is -2.33. The zero-order valence-electron chi connectivity index (χ0n) is 13.3. The second-order valence-electron chi connectivity index (χ2n) is 5.86. The Morgan fingerprint density at radius 1 is 1.48 bits per heavy atom. The van der Waals surface area contributed by atoms with Crippen LogP contribution in [0.5, 0.6) is 0 Å². The fourth-order valence-corrected chi connectivity index (χ4v) is 3.99. The van der Waals surface area contributed by atoms with Crippen LogP contribution in [-0.2, 0) is 11.2 Å². The van der Waals surface area contributed by atoms with E-state index in [4.69, 9.17) is 23.1 Å². The molecule has 0 fully saturated rings. The van der Waals surface area contributed by atoms with Crippen molar-refractivity contribution in [2.45, 2.75) is 31.8 Å². The fraction of sp³-hybridized carbons (Fsp3) is 0.312. The Hall–Kier alpha value is -2.19. The lowest BCUT2D eigenvalue weighted by atomic mass is 10.0. The van der Waals surface area contributed by atoms with Gasteiger partial charge in [0.1, 0.15) is 16.7 Å². The Kier molecular flexibility index (Phi) is 4.66. The minimum absolute atomic E-state index is 0.240. The first kappa shape index (κ1) is 17.6. The van der Waals surface area contributed by atoms with E-state index in [1.54, 1.807) is 13.0 Å². The summed E-state index contributed by atoms with van der Waals surface area (Å²) in [6.45, 7) is 1.55. The van der Waals surface area contributed by atoms with Crippen LogP contribution in [0.25, 0.3) is 0 Å². The molecule has 2 aromatic rings. The Labute approximate surface area is 152 Å². The van der Waals surface area contributed by atoms with Gasteiger partial charge in [0, 0.05) is 5.02 Å². The molecule has 0 saturated carbocycles. The molecule has 25 heavy (non-hydrogen) atoms. The van der Waals surface area contributed by atoms with Crippen molar-refractivity contribution in [3.63, 3.8) is 0 Å². The summed E-state index contributed by atoms with van der Waals surface area (Å²) in [5.74, 6) is -1.48. The van der Waals surface area contributed by atoms with E-state index in [-0.39, 0.29) is 10.2 Å². The highest BCUT2D eigenvalue weighted by Crippen LogP contribution is 2.40. The molecule has 1 heterocycles. The minimum atomic E-state index is -0.881. The number of nitrogen functional groups attached to an aromatic ring is 1. The van der Waals surface area contributed by atoms with E-state index in [0.717, 1.165) is 11.3 Å². The molecule has 0 bridgehead atoms. The fourth-order valence-electron chi connectivity index (χ4n) is 3.15. The zero-order valence-corrected chi connectivity index (χ0v) is 14.9. The van der Waals surface area contributed by atoms with Crippen LogP contribution >= 0.6 is 22.9 Å². The van der Waals surface area contributed by atoms with Crippen molar-refractivity contribution < 1.29 is 14.0 Å². The number of amides is 2. The standard InChI is InChI=1S/C16H16ClFN4O2S/c1-7(14(19)23)22(15(24)13-6-21-16(20)25-13)12-3-2-9-10(12)4-8(17)5-11(9)18/h4-7,12H,2-3H2,1H3,(H2,19,23)(H2,20,21)/t7-,12-/m1/s1. The number of primary amides is 1. The van der Waals surface area contributed by atoms with Gasteiger partial charge in [0.2, 0.25) is 5.91 Å². The molecule has 0 aliphatic heterocycles. The summed E-state index contributed by atoms with van der Waals surface area (Å²) >= 11 is 7.00. The lowest BCUT2D eigenvalue weighted by molar-refractivity contribution is -0.122. The predicted molar refractivity (Wildman–Crippen MR) is 93.8 cm³/mol. The summed E-state index contributed by atoms with van der Waals surface area (Å²) in [5, 5.41) is 0.486. The summed E-state index contributed by atoms with van der Waals surface area (Å²) < 4.78 is 14.2. The van der Waals surface area contributed by atoms with Crippen molar-refractivity contribution in [1.29, 1.82) is 0 Å². The Morgan fingerprint density at radius 3 is 2.80 bits per heavy atom. The predicted octanol–water partition coefficient (Wildman–Crippen LogP) is 2.52. The number of carbonyl (C=O) groups is 2. The van der Waals surface area contributed by atoms with Gasteiger partial charge in [-0.15, -0.1) is 0 Å². The van der Waals surface area contributed by atoms with E-state index in [1.807, 2.05) is 0 Å². The minimum Gasteiger partial charge on any atom is -0.375 e. The smallest absolute Gasteiger partial charge is 0.266 e. The number of hydrogen-bond donors (Lipinski definition) is 2. The third-order valence-electron chi connectivity index (χ3n) is 4.36.